The Morgan fingerprint density at radius 2 is 1.96 bits per heavy atom. The molecule has 0 N–H and O–H groups in total. The van der Waals surface area contributed by atoms with Crippen molar-refractivity contribution in [2.24, 2.45) is 17.3 Å². The van der Waals surface area contributed by atoms with Crippen molar-refractivity contribution in [3.05, 3.63) is 22.3 Å². The summed E-state index contributed by atoms with van der Waals surface area (Å²) in [6.07, 6.45) is 7.84. The summed E-state index contributed by atoms with van der Waals surface area (Å²) in [6.45, 7) is 19.0. The molecule has 0 aromatic heterocycles. The Balaban J connectivity index is 2.20. The second-order valence-corrected chi connectivity index (χ2v) is 10.6. The van der Waals surface area contributed by atoms with Crippen LogP contribution < -0.4 is 0 Å². The lowest BCUT2D eigenvalue weighted by molar-refractivity contribution is -0.153. The van der Waals surface area contributed by atoms with Gasteiger partial charge in [-0.3, -0.25) is 4.79 Å². The maximum absolute atomic E-state index is 11.7. The predicted octanol–water partition coefficient (Wildman–Crippen LogP) is 6.85. The number of rotatable bonds is 11. The molecule has 0 bridgehead atoms. The molecule has 1 saturated heterocycles. The summed E-state index contributed by atoms with van der Waals surface area (Å²) in [6, 6.07) is 0. The average molecular weight is 490 g/mol. The SMILES string of the molecule is C=C(I)[C@H](C)C[C@H](C)CC[C@@H]1O[C@@H](CCCCOC(=O)C(C)(C)C)CC1=C. The lowest BCUT2D eigenvalue weighted by Crippen LogP contribution is -2.23. The number of allylic oxidation sites excluding steroid dienone is 1. The maximum Gasteiger partial charge on any atom is 0.311 e. The van der Waals surface area contributed by atoms with Gasteiger partial charge in [0.25, 0.3) is 0 Å². The molecule has 1 fully saturated rings. The standard InChI is InChI=1S/C23H39IO3/c1-16(14-17(2)19(4)24)11-12-21-18(3)15-20(27-21)10-8-9-13-26-22(25)23(5,6)7/h16-17,20-21H,3-4,8-15H2,1-2,5-7H3/t16-,17-,20+,21+/m1/s1. The number of carbonyl (C=O) groups is 1. The van der Waals surface area contributed by atoms with E-state index in [-0.39, 0.29) is 18.2 Å². The molecule has 0 spiro atoms. The highest BCUT2D eigenvalue weighted by Crippen LogP contribution is 2.32. The molecule has 0 unspecified atom stereocenters. The number of unbranched alkanes of at least 4 members (excludes halogenated alkanes) is 1. The lowest BCUT2D eigenvalue weighted by Gasteiger charge is -2.19. The normalized spacial score (nSPS) is 22.5. The zero-order valence-electron chi connectivity index (χ0n) is 18.0. The Hall–Kier alpha value is -0.360. The summed E-state index contributed by atoms with van der Waals surface area (Å²) in [5, 5.41) is 0. The van der Waals surface area contributed by atoms with Crippen LogP contribution in [-0.4, -0.2) is 24.8 Å². The summed E-state index contributed by atoms with van der Waals surface area (Å²) < 4.78 is 12.8. The van der Waals surface area contributed by atoms with Gasteiger partial charge in [0.2, 0.25) is 0 Å². The van der Waals surface area contributed by atoms with Crippen LogP contribution in [0.2, 0.25) is 0 Å². The highest BCUT2D eigenvalue weighted by atomic mass is 127. The van der Waals surface area contributed by atoms with Crippen LogP contribution in [0, 0.1) is 17.3 Å². The van der Waals surface area contributed by atoms with Crippen LogP contribution in [-0.2, 0) is 14.3 Å². The lowest BCUT2D eigenvalue weighted by atomic mass is 9.91. The van der Waals surface area contributed by atoms with Gasteiger partial charge >= 0.3 is 5.97 Å². The number of halogens is 1. The Labute approximate surface area is 180 Å². The number of hydrogen-bond donors (Lipinski definition) is 0. The maximum atomic E-state index is 11.7. The zero-order chi connectivity index (χ0) is 20.6. The third-order valence-corrected chi connectivity index (χ3v) is 6.34. The van der Waals surface area contributed by atoms with Crippen LogP contribution in [0.15, 0.2) is 22.3 Å². The van der Waals surface area contributed by atoms with Crippen LogP contribution in [0.5, 0.6) is 0 Å². The van der Waals surface area contributed by atoms with Crippen molar-refractivity contribution in [1.29, 1.82) is 0 Å². The Morgan fingerprint density at radius 3 is 2.56 bits per heavy atom. The minimum absolute atomic E-state index is 0.123. The molecule has 4 atom stereocenters. The second kappa shape index (κ2) is 11.6. The monoisotopic (exact) mass is 490 g/mol. The number of carbonyl (C=O) groups excluding carboxylic acids is 1. The highest BCUT2D eigenvalue weighted by Gasteiger charge is 2.28. The molecule has 1 heterocycles. The fourth-order valence-corrected chi connectivity index (χ4v) is 3.64. The van der Waals surface area contributed by atoms with Crippen LogP contribution in [0.1, 0.15) is 79.6 Å². The van der Waals surface area contributed by atoms with Gasteiger partial charge in [0.1, 0.15) is 0 Å². The Kier molecular flexibility index (Phi) is 10.6. The van der Waals surface area contributed by atoms with E-state index < -0.39 is 5.41 Å². The molecule has 1 rings (SSSR count). The number of esters is 1. The third-order valence-electron chi connectivity index (χ3n) is 5.28. The van der Waals surface area contributed by atoms with Gasteiger partial charge in [-0.25, -0.2) is 0 Å². The first-order valence-electron chi connectivity index (χ1n) is 10.3. The first-order valence-corrected chi connectivity index (χ1v) is 11.4. The first-order chi connectivity index (χ1) is 12.5. The van der Waals surface area contributed by atoms with Crippen molar-refractivity contribution in [1.82, 2.24) is 0 Å². The summed E-state index contributed by atoms with van der Waals surface area (Å²) in [5.41, 5.74) is 0.830. The van der Waals surface area contributed by atoms with E-state index in [9.17, 15) is 4.79 Å². The second-order valence-electron chi connectivity index (χ2n) is 9.26. The van der Waals surface area contributed by atoms with Crippen molar-refractivity contribution in [2.75, 3.05) is 6.61 Å². The van der Waals surface area contributed by atoms with E-state index in [1.54, 1.807) is 0 Å². The van der Waals surface area contributed by atoms with E-state index in [1.165, 1.54) is 22.0 Å². The topological polar surface area (TPSA) is 35.5 Å². The van der Waals surface area contributed by atoms with Crippen molar-refractivity contribution >= 4 is 28.6 Å². The molecule has 0 aromatic rings. The van der Waals surface area contributed by atoms with Gasteiger partial charge in [-0.1, -0.05) is 27.0 Å². The molecule has 0 aromatic carbocycles. The van der Waals surface area contributed by atoms with Gasteiger partial charge in [0.15, 0.2) is 0 Å². The van der Waals surface area contributed by atoms with Crippen molar-refractivity contribution in [3.63, 3.8) is 0 Å². The molecular formula is C23H39IO3. The van der Waals surface area contributed by atoms with Gasteiger partial charge in [-0.15, -0.1) is 0 Å². The summed E-state index contributed by atoms with van der Waals surface area (Å²) in [5.74, 6) is 1.13. The summed E-state index contributed by atoms with van der Waals surface area (Å²) >= 11 is 2.34. The van der Waals surface area contributed by atoms with Crippen LogP contribution >= 0.6 is 22.6 Å². The van der Waals surface area contributed by atoms with Crippen LogP contribution in [0.25, 0.3) is 0 Å². The predicted molar refractivity (Wildman–Crippen MR) is 122 cm³/mol. The average Bonchev–Trinajstić information content (AvgIpc) is 2.91. The number of hydrogen-bond acceptors (Lipinski definition) is 3. The molecule has 0 amide bonds. The van der Waals surface area contributed by atoms with Gasteiger partial charge in [-0.05, 0) is 109 Å². The molecule has 0 aliphatic carbocycles. The van der Waals surface area contributed by atoms with Gasteiger partial charge in [0, 0.05) is 0 Å². The van der Waals surface area contributed by atoms with Crippen molar-refractivity contribution in [2.45, 2.75) is 91.8 Å². The van der Waals surface area contributed by atoms with E-state index >= 15 is 0 Å². The third kappa shape index (κ3) is 9.60. The minimum atomic E-state index is -0.418. The quantitative estimate of drug-likeness (QED) is 0.138. The van der Waals surface area contributed by atoms with Gasteiger partial charge in [0.05, 0.1) is 24.2 Å². The fourth-order valence-electron chi connectivity index (χ4n) is 3.38. The molecule has 27 heavy (non-hydrogen) atoms. The molecule has 0 radical (unpaired) electrons. The Morgan fingerprint density at radius 1 is 1.30 bits per heavy atom. The van der Waals surface area contributed by atoms with Crippen LogP contribution in [0.4, 0.5) is 0 Å². The smallest absolute Gasteiger partial charge is 0.311 e. The number of ether oxygens (including phenoxy) is 2. The summed E-state index contributed by atoms with van der Waals surface area (Å²) in [4.78, 5) is 11.7. The van der Waals surface area contributed by atoms with Gasteiger partial charge in [-0.2, -0.15) is 0 Å². The van der Waals surface area contributed by atoms with Gasteiger partial charge < -0.3 is 9.47 Å². The Bertz CT molecular complexity index is 506. The van der Waals surface area contributed by atoms with E-state index in [0.29, 0.717) is 18.4 Å². The van der Waals surface area contributed by atoms with Crippen molar-refractivity contribution < 1.29 is 14.3 Å². The zero-order valence-corrected chi connectivity index (χ0v) is 20.1. The molecule has 156 valence electrons. The van der Waals surface area contributed by atoms with Crippen molar-refractivity contribution in [3.8, 4) is 0 Å². The fraction of sp³-hybridized carbons (Fsp3) is 0.783. The summed E-state index contributed by atoms with van der Waals surface area (Å²) in [7, 11) is 0. The minimum Gasteiger partial charge on any atom is -0.465 e. The van der Waals surface area contributed by atoms with E-state index in [1.807, 2.05) is 20.8 Å². The first kappa shape index (κ1) is 24.7. The molecule has 4 heteroatoms. The highest BCUT2D eigenvalue weighted by molar-refractivity contribution is 14.1. The van der Waals surface area contributed by atoms with E-state index in [2.05, 4.69) is 49.6 Å². The van der Waals surface area contributed by atoms with Crippen LogP contribution in [0.3, 0.4) is 0 Å². The molecule has 0 saturated carbocycles. The largest absolute Gasteiger partial charge is 0.465 e. The van der Waals surface area contributed by atoms with E-state index in [4.69, 9.17) is 9.47 Å². The van der Waals surface area contributed by atoms with E-state index in [0.717, 1.165) is 32.1 Å². The molecule has 1 aliphatic rings. The molecule has 3 nitrogen and oxygen atoms in total. The molecule has 1 aliphatic heterocycles. The molecular weight excluding hydrogens is 451 g/mol.